The molecular formula is C28H20. The van der Waals surface area contributed by atoms with Crippen LogP contribution in [0.2, 0.25) is 0 Å². The van der Waals surface area contributed by atoms with Gasteiger partial charge in [-0.05, 0) is 54.2 Å². The van der Waals surface area contributed by atoms with Crippen molar-refractivity contribution < 1.29 is 0 Å². The minimum Gasteiger partial charge on any atom is -0.0616 e. The molecule has 0 nitrogen and oxygen atoms in total. The van der Waals surface area contributed by atoms with Crippen LogP contribution in [0.25, 0.3) is 43.1 Å². The molecule has 0 heterocycles. The normalized spacial score (nSPS) is 13.0. The molecule has 132 valence electrons. The molecule has 0 radical (unpaired) electrons. The SMILES string of the molecule is CC(c1ccc2ccccc2c1)c1cc2ccc3cccc4ccc(c1)c2c34. The van der Waals surface area contributed by atoms with Gasteiger partial charge in [0.25, 0.3) is 0 Å². The Labute approximate surface area is 164 Å². The summed E-state index contributed by atoms with van der Waals surface area (Å²) < 4.78 is 0. The molecule has 0 aliphatic rings. The fourth-order valence-electron chi connectivity index (χ4n) is 4.70. The van der Waals surface area contributed by atoms with Crippen molar-refractivity contribution in [2.75, 3.05) is 0 Å². The molecule has 28 heavy (non-hydrogen) atoms. The average Bonchev–Trinajstić information content (AvgIpc) is 2.76. The molecule has 0 N–H and O–H groups in total. The Hall–Kier alpha value is -3.38. The van der Waals surface area contributed by atoms with E-state index in [9.17, 15) is 0 Å². The monoisotopic (exact) mass is 356 g/mol. The summed E-state index contributed by atoms with van der Waals surface area (Å²) in [5, 5.41) is 10.7. The molecule has 0 bridgehead atoms. The van der Waals surface area contributed by atoms with Gasteiger partial charge in [-0.15, -0.1) is 0 Å². The Kier molecular flexibility index (Phi) is 3.25. The van der Waals surface area contributed by atoms with Gasteiger partial charge in [0.2, 0.25) is 0 Å². The topological polar surface area (TPSA) is 0 Å². The van der Waals surface area contributed by atoms with Crippen molar-refractivity contribution >= 4 is 43.1 Å². The molecule has 0 aliphatic carbocycles. The third-order valence-corrected chi connectivity index (χ3v) is 6.26. The lowest BCUT2D eigenvalue weighted by Crippen LogP contribution is -1.97. The van der Waals surface area contributed by atoms with Crippen molar-refractivity contribution in [2.45, 2.75) is 12.8 Å². The van der Waals surface area contributed by atoms with Gasteiger partial charge in [0.15, 0.2) is 0 Å². The van der Waals surface area contributed by atoms with Crippen LogP contribution in [-0.4, -0.2) is 0 Å². The lowest BCUT2D eigenvalue weighted by molar-refractivity contribution is 0.929. The number of fused-ring (bicyclic) bond motifs is 1. The Morgan fingerprint density at radius 1 is 0.429 bits per heavy atom. The largest absolute Gasteiger partial charge is 0.0616 e. The summed E-state index contributed by atoms with van der Waals surface area (Å²) in [6, 6.07) is 35.9. The van der Waals surface area contributed by atoms with Crippen LogP contribution in [-0.2, 0) is 0 Å². The third kappa shape index (κ3) is 2.25. The smallest absolute Gasteiger partial charge is 0.00616 e. The first kappa shape index (κ1) is 15.7. The van der Waals surface area contributed by atoms with E-state index in [0.717, 1.165) is 0 Å². The number of hydrogen-bond acceptors (Lipinski definition) is 0. The third-order valence-electron chi connectivity index (χ3n) is 6.26. The van der Waals surface area contributed by atoms with Crippen LogP contribution in [0.15, 0.2) is 97.1 Å². The van der Waals surface area contributed by atoms with E-state index in [1.807, 2.05) is 0 Å². The van der Waals surface area contributed by atoms with E-state index in [0.29, 0.717) is 5.92 Å². The quantitative estimate of drug-likeness (QED) is 0.277. The summed E-state index contributed by atoms with van der Waals surface area (Å²) >= 11 is 0. The molecule has 1 atom stereocenters. The summed E-state index contributed by atoms with van der Waals surface area (Å²) in [6.07, 6.45) is 0. The zero-order valence-electron chi connectivity index (χ0n) is 15.8. The van der Waals surface area contributed by atoms with Crippen molar-refractivity contribution in [1.29, 1.82) is 0 Å². The fourth-order valence-corrected chi connectivity index (χ4v) is 4.70. The summed E-state index contributed by atoms with van der Waals surface area (Å²) in [5.41, 5.74) is 2.74. The molecule has 6 aromatic carbocycles. The molecular weight excluding hydrogens is 336 g/mol. The van der Waals surface area contributed by atoms with Crippen molar-refractivity contribution in [1.82, 2.24) is 0 Å². The molecule has 0 amide bonds. The maximum atomic E-state index is 2.38. The van der Waals surface area contributed by atoms with Gasteiger partial charge in [-0.2, -0.15) is 0 Å². The van der Waals surface area contributed by atoms with Gasteiger partial charge in [-0.25, -0.2) is 0 Å². The van der Waals surface area contributed by atoms with E-state index < -0.39 is 0 Å². The van der Waals surface area contributed by atoms with Gasteiger partial charge in [-0.3, -0.25) is 0 Å². The predicted molar refractivity (Wildman–Crippen MR) is 122 cm³/mol. The second-order valence-electron chi connectivity index (χ2n) is 7.88. The van der Waals surface area contributed by atoms with E-state index in [1.165, 1.54) is 54.2 Å². The Morgan fingerprint density at radius 2 is 0.929 bits per heavy atom. The van der Waals surface area contributed by atoms with Crippen LogP contribution in [0.1, 0.15) is 24.0 Å². The summed E-state index contributed by atoms with van der Waals surface area (Å²) in [6.45, 7) is 2.32. The van der Waals surface area contributed by atoms with E-state index in [4.69, 9.17) is 0 Å². The van der Waals surface area contributed by atoms with Crippen LogP contribution >= 0.6 is 0 Å². The van der Waals surface area contributed by atoms with Gasteiger partial charge in [0.1, 0.15) is 0 Å². The Balaban J connectivity index is 1.56. The van der Waals surface area contributed by atoms with Gasteiger partial charge < -0.3 is 0 Å². The molecule has 0 aromatic heterocycles. The molecule has 0 fully saturated rings. The molecule has 1 unspecified atom stereocenters. The summed E-state index contributed by atoms with van der Waals surface area (Å²) in [4.78, 5) is 0. The van der Waals surface area contributed by atoms with E-state index in [2.05, 4.69) is 104 Å². The number of rotatable bonds is 2. The first-order valence-corrected chi connectivity index (χ1v) is 9.94. The van der Waals surface area contributed by atoms with E-state index in [-0.39, 0.29) is 0 Å². The van der Waals surface area contributed by atoms with E-state index >= 15 is 0 Å². The van der Waals surface area contributed by atoms with E-state index in [1.54, 1.807) is 0 Å². The highest BCUT2D eigenvalue weighted by Crippen LogP contribution is 2.37. The van der Waals surface area contributed by atoms with Crippen LogP contribution in [0.4, 0.5) is 0 Å². The maximum absolute atomic E-state index is 2.38. The highest BCUT2D eigenvalue weighted by atomic mass is 14.2. The van der Waals surface area contributed by atoms with Crippen LogP contribution in [0, 0.1) is 0 Å². The first-order chi connectivity index (χ1) is 13.8. The summed E-state index contributed by atoms with van der Waals surface area (Å²) in [5.74, 6) is 0.353. The van der Waals surface area contributed by atoms with Crippen LogP contribution in [0.5, 0.6) is 0 Å². The Morgan fingerprint density at radius 3 is 1.64 bits per heavy atom. The number of benzene rings is 6. The molecule has 0 aliphatic heterocycles. The minimum absolute atomic E-state index is 0.353. The second-order valence-corrected chi connectivity index (χ2v) is 7.88. The zero-order chi connectivity index (χ0) is 18.7. The lowest BCUT2D eigenvalue weighted by atomic mass is 9.87. The molecule has 6 aromatic rings. The fraction of sp³-hybridized carbons (Fsp3) is 0.0714. The van der Waals surface area contributed by atoms with Crippen molar-refractivity contribution in [2.24, 2.45) is 0 Å². The van der Waals surface area contributed by atoms with Gasteiger partial charge in [0.05, 0.1) is 0 Å². The van der Waals surface area contributed by atoms with Crippen molar-refractivity contribution in [3.05, 3.63) is 108 Å². The second kappa shape index (κ2) is 5.81. The van der Waals surface area contributed by atoms with Crippen molar-refractivity contribution in [3.63, 3.8) is 0 Å². The molecule has 0 saturated carbocycles. The number of hydrogen-bond donors (Lipinski definition) is 0. The van der Waals surface area contributed by atoms with Crippen LogP contribution < -0.4 is 0 Å². The first-order valence-electron chi connectivity index (χ1n) is 9.94. The van der Waals surface area contributed by atoms with Gasteiger partial charge in [-0.1, -0.05) is 104 Å². The molecule has 0 saturated heterocycles. The highest BCUT2D eigenvalue weighted by Gasteiger charge is 2.14. The molecule has 0 heteroatoms. The highest BCUT2D eigenvalue weighted by molar-refractivity contribution is 6.23. The maximum Gasteiger partial charge on any atom is 0.00616 e. The standard InChI is InChI=1S/C28H20/c1-18(22-12-9-19-5-2-3-6-23(19)15-22)26-16-24-13-10-20-7-4-8-21-11-14-25(17-26)28(24)27(20)21/h2-18H,1H3. The predicted octanol–water partition coefficient (Wildman–Crippen LogP) is 7.89. The van der Waals surface area contributed by atoms with Gasteiger partial charge in [0, 0.05) is 5.92 Å². The van der Waals surface area contributed by atoms with Crippen molar-refractivity contribution in [3.8, 4) is 0 Å². The minimum atomic E-state index is 0.353. The molecule has 6 rings (SSSR count). The summed E-state index contributed by atoms with van der Waals surface area (Å²) in [7, 11) is 0. The van der Waals surface area contributed by atoms with Crippen LogP contribution in [0.3, 0.4) is 0 Å². The Bertz CT molecular complexity index is 1410. The molecule has 0 spiro atoms. The average molecular weight is 356 g/mol. The lowest BCUT2D eigenvalue weighted by Gasteiger charge is -2.17. The van der Waals surface area contributed by atoms with Gasteiger partial charge >= 0.3 is 0 Å². The zero-order valence-corrected chi connectivity index (χ0v) is 15.8.